The first-order chi connectivity index (χ1) is 13.2. The number of aromatic nitrogens is 2. The highest BCUT2D eigenvalue weighted by Crippen LogP contribution is 2.13. The fourth-order valence-electron chi connectivity index (χ4n) is 3.42. The molecule has 1 aliphatic rings. The number of piperidine rings is 1. The molecule has 1 aromatic carbocycles. The number of halogens is 1. The third-order valence-electron chi connectivity index (χ3n) is 5.07. The molecule has 1 saturated heterocycles. The summed E-state index contributed by atoms with van der Waals surface area (Å²) in [5, 5.41) is 11.3. The van der Waals surface area contributed by atoms with Crippen LogP contribution in [0.5, 0.6) is 0 Å². The average Bonchev–Trinajstić information content (AvgIpc) is 3.22. The van der Waals surface area contributed by atoms with Crippen molar-refractivity contribution >= 4 is 29.9 Å². The van der Waals surface area contributed by atoms with Crippen molar-refractivity contribution in [1.29, 1.82) is 0 Å². The van der Waals surface area contributed by atoms with Crippen LogP contribution in [-0.2, 0) is 6.54 Å². The first-order valence-electron chi connectivity index (χ1n) is 10.0. The van der Waals surface area contributed by atoms with Gasteiger partial charge in [0.1, 0.15) is 0 Å². The second-order valence-electron chi connectivity index (χ2n) is 7.36. The minimum Gasteiger partial charge on any atom is -0.357 e. The zero-order valence-corrected chi connectivity index (χ0v) is 19.5. The summed E-state index contributed by atoms with van der Waals surface area (Å²) in [5.41, 5.74) is 2.26. The molecule has 1 aliphatic heterocycles. The maximum absolute atomic E-state index is 4.78. The van der Waals surface area contributed by atoms with Crippen molar-refractivity contribution < 1.29 is 0 Å². The zero-order valence-electron chi connectivity index (χ0n) is 17.1. The molecular formula is C21H33IN6. The lowest BCUT2D eigenvalue weighted by atomic mass is 10.0. The number of nitrogens with one attached hydrogen (secondary N) is 2. The first kappa shape index (κ1) is 22.7. The van der Waals surface area contributed by atoms with Gasteiger partial charge >= 0.3 is 0 Å². The number of rotatable bonds is 6. The molecule has 0 amide bonds. The third-order valence-corrected chi connectivity index (χ3v) is 5.07. The first-order valence-corrected chi connectivity index (χ1v) is 10.0. The van der Waals surface area contributed by atoms with Crippen LogP contribution in [0.3, 0.4) is 0 Å². The van der Waals surface area contributed by atoms with Gasteiger partial charge in [0, 0.05) is 44.1 Å². The fraction of sp³-hybridized carbons (Fsp3) is 0.524. The lowest BCUT2D eigenvalue weighted by Crippen LogP contribution is -2.49. The summed E-state index contributed by atoms with van der Waals surface area (Å²) < 4.78 is 1.86. The topological polar surface area (TPSA) is 57.5 Å². The predicted octanol–water partition coefficient (Wildman–Crippen LogP) is 3.42. The van der Waals surface area contributed by atoms with Crippen molar-refractivity contribution in [2.24, 2.45) is 4.99 Å². The van der Waals surface area contributed by atoms with E-state index in [4.69, 9.17) is 4.99 Å². The Labute approximate surface area is 185 Å². The number of guanidine groups is 1. The molecule has 0 radical (unpaired) electrons. The number of hydrogen-bond donors (Lipinski definition) is 2. The van der Waals surface area contributed by atoms with Gasteiger partial charge in [0.05, 0.1) is 12.2 Å². The fourth-order valence-corrected chi connectivity index (χ4v) is 3.42. The molecule has 1 fully saturated rings. The Hall–Kier alpha value is -1.61. The SMILES string of the molecule is CCNC(=NCc1ccc(-n2cccn2)cc1)NC1CCN(C(C)C)CC1.I. The molecule has 0 unspecified atom stereocenters. The summed E-state index contributed by atoms with van der Waals surface area (Å²) in [6.45, 7) is 10.5. The van der Waals surface area contributed by atoms with E-state index in [9.17, 15) is 0 Å². The van der Waals surface area contributed by atoms with Crippen molar-refractivity contribution in [1.82, 2.24) is 25.3 Å². The Bertz CT molecular complexity index is 703. The maximum atomic E-state index is 4.78. The van der Waals surface area contributed by atoms with Crippen molar-refractivity contribution in [2.45, 2.75) is 52.2 Å². The van der Waals surface area contributed by atoms with Crippen LogP contribution in [0, 0.1) is 0 Å². The lowest BCUT2D eigenvalue weighted by molar-refractivity contribution is 0.167. The van der Waals surface area contributed by atoms with E-state index in [1.54, 1.807) is 6.20 Å². The summed E-state index contributed by atoms with van der Waals surface area (Å²) in [5.74, 6) is 0.914. The van der Waals surface area contributed by atoms with Crippen LogP contribution in [0.15, 0.2) is 47.7 Å². The number of nitrogens with zero attached hydrogens (tertiary/aromatic N) is 4. The summed E-state index contributed by atoms with van der Waals surface area (Å²) >= 11 is 0. The molecule has 154 valence electrons. The van der Waals surface area contributed by atoms with E-state index in [1.165, 1.54) is 18.4 Å². The standard InChI is InChI=1S/C21H32N6.HI/c1-4-22-21(25-19-10-14-26(15-11-19)17(2)3)23-16-18-6-8-20(9-7-18)27-13-5-12-24-27;/h5-9,12-13,17,19H,4,10-11,14-16H2,1-3H3,(H2,22,23,25);1H. The van der Waals surface area contributed by atoms with Crippen LogP contribution in [0.2, 0.25) is 0 Å². The van der Waals surface area contributed by atoms with E-state index in [0.717, 1.165) is 31.3 Å². The quantitative estimate of drug-likeness (QED) is 0.366. The Morgan fingerprint density at radius 1 is 1.21 bits per heavy atom. The third kappa shape index (κ3) is 6.48. The van der Waals surface area contributed by atoms with Gasteiger partial charge in [-0.25, -0.2) is 9.67 Å². The average molecular weight is 496 g/mol. The summed E-state index contributed by atoms with van der Waals surface area (Å²) in [7, 11) is 0. The Morgan fingerprint density at radius 3 is 2.50 bits per heavy atom. The molecule has 28 heavy (non-hydrogen) atoms. The van der Waals surface area contributed by atoms with Crippen molar-refractivity contribution in [3.63, 3.8) is 0 Å². The van der Waals surface area contributed by atoms with Gasteiger partial charge in [-0.05, 0) is 57.4 Å². The second-order valence-corrected chi connectivity index (χ2v) is 7.36. The lowest BCUT2D eigenvalue weighted by Gasteiger charge is -2.35. The van der Waals surface area contributed by atoms with Gasteiger partial charge in [-0.1, -0.05) is 12.1 Å². The monoisotopic (exact) mass is 496 g/mol. The second kappa shape index (κ2) is 11.4. The van der Waals surface area contributed by atoms with E-state index < -0.39 is 0 Å². The van der Waals surface area contributed by atoms with E-state index in [2.05, 4.69) is 65.7 Å². The molecule has 3 rings (SSSR count). The highest BCUT2D eigenvalue weighted by molar-refractivity contribution is 14.0. The minimum absolute atomic E-state index is 0. The number of hydrogen-bond acceptors (Lipinski definition) is 3. The number of likely N-dealkylation sites (tertiary alicyclic amines) is 1. The van der Waals surface area contributed by atoms with Crippen LogP contribution in [0.4, 0.5) is 0 Å². The Morgan fingerprint density at radius 2 is 1.93 bits per heavy atom. The molecule has 2 N–H and O–H groups in total. The van der Waals surface area contributed by atoms with Crippen molar-refractivity contribution in [3.8, 4) is 5.69 Å². The normalized spacial score (nSPS) is 16.1. The largest absolute Gasteiger partial charge is 0.357 e. The molecule has 1 aromatic heterocycles. The summed E-state index contributed by atoms with van der Waals surface area (Å²) in [4.78, 5) is 7.33. The van der Waals surface area contributed by atoms with Crippen molar-refractivity contribution in [3.05, 3.63) is 48.3 Å². The zero-order chi connectivity index (χ0) is 19.1. The van der Waals surface area contributed by atoms with E-state index >= 15 is 0 Å². The van der Waals surface area contributed by atoms with Crippen LogP contribution >= 0.6 is 24.0 Å². The molecule has 0 bridgehead atoms. The number of aliphatic imine (C=N–C) groups is 1. The van der Waals surface area contributed by atoms with Gasteiger partial charge in [0.15, 0.2) is 5.96 Å². The van der Waals surface area contributed by atoms with Gasteiger partial charge < -0.3 is 15.5 Å². The van der Waals surface area contributed by atoms with Gasteiger partial charge in [0.2, 0.25) is 0 Å². The number of benzene rings is 1. The molecule has 0 spiro atoms. The predicted molar refractivity (Wildman–Crippen MR) is 127 cm³/mol. The minimum atomic E-state index is 0. The molecule has 0 saturated carbocycles. The van der Waals surface area contributed by atoms with Gasteiger partial charge in [-0.3, -0.25) is 0 Å². The Balaban J connectivity index is 0.00000280. The molecular weight excluding hydrogens is 463 g/mol. The van der Waals surface area contributed by atoms with Gasteiger partial charge in [-0.15, -0.1) is 24.0 Å². The van der Waals surface area contributed by atoms with Crippen LogP contribution in [0.25, 0.3) is 5.69 Å². The molecule has 2 aromatic rings. The van der Waals surface area contributed by atoms with E-state index in [0.29, 0.717) is 18.6 Å². The van der Waals surface area contributed by atoms with Gasteiger partial charge in [0.25, 0.3) is 0 Å². The summed E-state index contributed by atoms with van der Waals surface area (Å²) in [6.07, 6.45) is 6.07. The molecule has 6 nitrogen and oxygen atoms in total. The summed E-state index contributed by atoms with van der Waals surface area (Å²) in [6, 6.07) is 11.5. The molecule has 0 atom stereocenters. The van der Waals surface area contributed by atoms with Crippen LogP contribution in [0.1, 0.15) is 39.2 Å². The molecule has 0 aliphatic carbocycles. The molecule has 7 heteroatoms. The van der Waals surface area contributed by atoms with Crippen LogP contribution < -0.4 is 10.6 Å². The van der Waals surface area contributed by atoms with E-state index in [1.807, 2.05) is 16.9 Å². The van der Waals surface area contributed by atoms with Gasteiger partial charge in [-0.2, -0.15) is 5.10 Å². The van der Waals surface area contributed by atoms with E-state index in [-0.39, 0.29) is 24.0 Å². The maximum Gasteiger partial charge on any atom is 0.191 e. The Kier molecular flexibility index (Phi) is 9.24. The highest BCUT2D eigenvalue weighted by atomic mass is 127. The smallest absolute Gasteiger partial charge is 0.191 e. The van der Waals surface area contributed by atoms with Crippen LogP contribution in [-0.4, -0.2) is 52.4 Å². The molecule has 2 heterocycles. The highest BCUT2D eigenvalue weighted by Gasteiger charge is 2.21. The van der Waals surface area contributed by atoms with Crippen molar-refractivity contribution in [2.75, 3.05) is 19.6 Å².